The molecule has 1 aliphatic heterocycles. The van der Waals surface area contributed by atoms with Gasteiger partial charge in [0.1, 0.15) is 18.1 Å². The molecule has 1 aromatic carbocycles. The maximum Gasteiger partial charge on any atom is 0.373 e. The van der Waals surface area contributed by atoms with Crippen LogP contribution < -0.4 is 20.7 Å². The van der Waals surface area contributed by atoms with Crippen molar-refractivity contribution in [1.29, 1.82) is 0 Å². The molecule has 3 N–H and O–H groups in total. The van der Waals surface area contributed by atoms with Gasteiger partial charge < -0.3 is 20.7 Å². The molecule has 2 amide bonds. The summed E-state index contributed by atoms with van der Waals surface area (Å²) in [4.78, 5) is 44.0. The molecule has 0 saturated carbocycles. The molecule has 12 heteroatoms. The third kappa shape index (κ3) is 4.77. The van der Waals surface area contributed by atoms with Crippen LogP contribution in [0.25, 0.3) is 0 Å². The van der Waals surface area contributed by atoms with Crippen LogP contribution in [-0.2, 0) is 9.59 Å². The first-order valence-electron chi connectivity index (χ1n) is 8.62. The number of rotatable bonds is 7. The monoisotopic (exact) mass is 464 g/mol. The Balaban J connectivity index is 1.93. The van der Waals surface area contributed by atoms with Gasteiger partial charge in [0.25, 0.3) is 0 Å². The molecule has 29 heavy (non-hydrogen) atoms. The lowest BCUT2D eigenvalue weighted by Crippen LogP contribution is -2.46. The van der Waals surface area contributed by atoms with Gasteiger partial charge in [-0.1, -0.05) is 22.0 Å². The lowest BCUT2D eigenvalue weighted by atomic mass is 10.2. The molecule has 1 aliphatic rings. The van der Waals surface area contributed by atoms with Crippen molar-refractivity contribution in [2.24, 2.45) is 5.73 Å². The van der Waals surface area contributed by atoms with E-state index < -0.39 is 28.5 Å². The van der Waals surface area contributed by atoms with Crippen molar-refractivity contribution < 1.29 is 19.2 Å². The predicted molar refractivity (Wildman–Crippen MR) is 105 cm³/mol. The Morgan fingerprint density at radius 2 is 2.21 bits per heavy atom. The molecule has 0 aliphatic carbocycles. The number of primary amides is 1. The van der Waals surface area contributed by atoms with Gasteiger partial charge in [0.2, 0.25) is 17.6 Å². The van der Waals surface area contributed by atoms with Crippen LogP contribution in [0.3, 0.4) is 0 Å². The Hall–Kier alpha value is -3.28. The number of ether oxygens (including phenoxy) is 1. The molecule has 1 atom stereocenters. The molecule has 3 rings (SSSR count). The number of hydrogen-bond acceptors (Lipinski definition) is 8. The number of halogens is 1. The molecule has 0 radical (unpaired) electrons. The van der Waals surface area contributed by atoms with Crippen LogP contribution in [0.2, 0.25) is 0 Å². The van der Waals surface area contributed by atoms with E-state index in [9.17, 15) is 19.7 Å². The summed E-state index contributed by atoms with van der Waals surface area (Å²) in [6.07, 6.45) is 2.22. The summed E-state index contributed by atoms with van der Waals surface area (Å²) in [7, 11) is 0. The molecule has 152 valence electrons. The van der Waals surface area contributed by atoms with E-state index in [0.29, 0.717) is 25.1 Å². The Labute approximate surface area is 173 Å². The summed E-state index contributed by atoms with van der Waals surface area (Å²) in [5.41, 5.74) is 4.61. The zero-order chi connectivity index (χ0) is 21.0. The number of carbonyl (C=O) groups is 2. The highest BCUT2D eigenvalue weighted by Crippen LogP contribution is 2.39. The Morgan fingerprint density at radius 3 is 2.90 bits per heavy atom. The number of hydrogen-bond donors (Lipinski definition) is 2. The van der Waals surface area contributed by atoms with E-state index in [1.165, 1.54) is 4.90 Å². The topological polar surface area (TPSA) is 154 Å². The number of amides is 2. The Bertz CT molecular complexity index is 956. The van der Waals surface area contributed by atoms with Gasteiger partial charge >= 0.3 is 11.6 Å². The molecule has 1 unspecified atom stereocenters. The molecular weight excluding hydrogens is 448 g/mol. The van der Waals surface area contributed by atoms with Gasteiger partial charge in [0, 0.05) is 11.0 Å². The fraction of sp³-hybridized carbons (Fsp3) is 0.294. The standard InChI is InChI=1S/C17H17BrN6O5/c18-10-3-1-4-11(7-10)29-17-14(24(27)28)15(21-9-22-17)23-6-2-5-12(23)16(26)20-8-13(19)25/h1,3-4,7,9,12H,2,5-6,8H2,(H2,19,25)(H,20,26). The maximum absolute atomic E-state index is 12.4. The predicted octanol–water partition coefficient (Wildman–Crippen LogP) is 1.51. The molecule has 1 aromatic heterocycles. The highest BCUT2D eigenvalue weighted by molar-refractivity contribution is 9.10. The quantitative estimate of drug-likeness (QED) is 0.461. The number of aromatic nitrogens is 2. The van der Waals surface area contributed by atoms with E-state index in [1.54, 1.807) is 24.3 Å². The smallest absolute Gasteiger partial charge is 0.373 e. The van der Waals surface area contributed by atoms with E-state index in [4.69, 9.17) is 10.5 Å². The van der Waals surface area contributed by atoms with Gasteiger partial charge in [-0.15, -0.1) is 0 Å². The second kappa shape index (κ2) is 8.82. The van der Waals surface area contributed by atoms with E-state index in [1.807, 2.05) is 0 Å². The van der Waals surface area contributed by atoms with Gasteiger partial charge in [-0.05, 0) is 31.0 Å². The van der Waals surface area contributed by atoms with Gasteiger partial charge in [-0.3, -0.25) is 19.7 Å². The van der Waals surface area contributed by atoms with Crippen LogP contribution in [0.5, 0.6) is 11.6 Å². The van der Waals surface area contributed by atoms with Crippen LogP contribution in [0.1, 0.15) is 12.8 Å². The third-order valence-corrected chi connectivity index (χ3v) is 4.72. The van der Waals surface area contributed by atoms with Crippen molar-refractivity contribution in [2.75, 3.05) is 18.0 Å². The van der Waals surface area contributed by atoms with Crippen LogP contribution in [0.4, 0.5) is 11.5 Å². The second-order valence-electron chi connectivity index (χ2n) is 6.20. The summed E-state index contributed by atoms with van der Waals surface area (Å²) in [5.74, 6) is -1.04. The number of nitrogens with one attached hydrogen (secondary N) is 1. The molecule has 0 spiro atoms. The van der Waals surface area contributed by atoms with Crippen LogP contribution >= 0.6 is 15.9 Å². The number of nitro groups is 1. The summed E-state index contributed by atoms with van der Waals surface area (Å²) in [5, 5.41) is 14.2. The van der Waals surface area contributed by atoms with Crippen molar-refractivity contribution in [3.63, 3.8) is 0 Å². The Morgan fingerprint density at radius 1 is 1.41 bits per heavy atom. The van der Waals surface area contributed by atoms with Crippen molar-refractivity contribution in [3.8, 4) is 11.6 Å². The highest BCUT2D eigenvalue weighted by atomic mass is 79.9. The van der Waals surface area contributed by atoms with Gasteiger partial charge in [0.05, 0.1) is 11.5 Å². The molecule has 11 nitrogen and oxygen atoms in total. The second-order valence-corrected chi connectivity index (χ2v) is 7.12. The van der Waals surface area contributed by atoms with Crippen LogP contribution in [0, 0.1) is 10.1 Å². The average Bonchev–Trinajstić information content (AvgIpc) is 3.15. The minimum atomic E-state index is -0.721. The fourth-order valence-corrected chi connectivity index (χ4v) is 3.40. The molecule has 0 bridgehead atoms. The largest absolute Gasteiger partial charge is 0.434 e. The summed E-state index contributed by atoms with van der Waals surface area (Å²) >= 11 is 3.31. The van der Waals surface area contributed by atoms with Gasteiger partial charge in [-0.2, -0.15) is 4.98 Å². The van der Waals surface area contributed by atoms with Crippen LogP contribution in [-0.4, -0.2) is 45.8 Å². The van der Waals surface area contributed by atoms with Crippen molar-refractivity contribution in [3.05, 3.63) is 45.2 Å². The van der Waals surface area contributed by atoms with Gasteiger partial charge in [-0.25, -0.2) is 4.98 Å². The maximum atomic E-state index is 12.4. The molecule has 1 fully saturated rings. The number of nitrogens with zero attached hydrogens (tertiary/aromatic N) is 4. The zero-order valence-corrected chi connectivity index (χ0v) is 16.7. The number of benzene rings is 1. The summed E-state index contributed by atoms with van der Waals surface area (Å²) in [6.45, 7) is 0.0646. The Kier molecular flexibility index (Phi) is 6.22. The number of nitrogens with two attached hydrogens (primary N) is 1. The van der Waals surface area contributed by atoms with Gasteiger partial charge in [0.15, 0.2) is 0 Å². The van der Waals surface area contributed by atoms with Crippen LogP contribution in [0.15, 0.2) is 35.1 Å². The van der Waals surface area contributed by atoms with Crippen molar-refractivity contribution in [2.45, 2.75) is 18.9 Å². The van der Waals surface area contributed by atoms with E-state index in [2.05, 4.69) is 31.2 Å². The minimum Gasteiger partial charge on any atom is -0.434 e. The lowest BCUT2D eigenvalue weighted by Gasteiger charge is -2.24. The first kappa shape index (κ1) is 20.5. The summed E-state index contributed by atoms with van der Waals surface area (Å²) < 4.78 is 6.35. The van der Waals surface area contributed by atoms with Crippen molar-refractivity contribution in [1.82, 2.24) is 15.3 Å². The van der Waals surface area contributed by atoms with E-state index >= 15 is 0 Å². The average molecular weight is 465 g/mol. The molecule has 2 aromatic rings. The van der Waals surface area contributed by atoms with Crippen molar-refractivity contribution >= 4 is 39.2 Å². The number of carbonyl (C=O) groups excluding carboxylic acids is 2. The lowest BCUT2D eigenvalue weighted by molar-refractivity contribution is -0.385. The normalized spacial score (nSPS) is 15.8. The van der Waals surface area contributed by atoms with E-state index in [0.717, 1.165) is 10.8 Å². The zero-order valence-electron chi connectivity index (χ0n) is 15.1. The highest BCUT2D eigenvalue weighted by Gasteiger charge is 2.38. The first-order chi connectivity index (χ1) is 13.9. The minimum absolute atomic E-state index is 0.0216. The number of anilines is 1. The van der Waals surface area contributed by atoms with E-state index in [-0.39, 0.29) is 18.2 Å². The summed E-state index contributed by atoms with van der Waals surface area (Å²) in [6, 6.07) is 6.05. The SMILES string of the molecule is NC(=O)CNC(=O)C1CCCN1c1ncnc(Oc2cccc(Br)c2)c1[N+](=O)[O-]. The first-order valence-corrected chi connectivity index (χ1v) is 9.41. The molecule has 1 saturated heterocycles. The fourth-order valence-electron chi connectivity index (χ4n) is 3.03. The molecule has 2 heterocycles. The molecular formula is C17H17BrN6O5. The third-order valence-electron chi connectivity index (χ3n) is 4.23.